The van der Waals surface area contributed by atoms with Gasteiger partial charge in [-0.2, -0.15) is 0 Å². The Labute approximate surface area is 73.9 Å². The third-order valence-electron chi connectivity index (χ3n) is 1.83. The van der Waals surface area contributed by atoms with Gasteiger partial charge in [0.05, 0.1) is 0 Å². The fourth-order valence-electron chi connectivity index (χ4n) is 1.21. The van der Waals surface area contributed by atoms with Gasteiger partial charge in [-0.05, 0) is 17.5 Å². The second-order valence-electron chi connectivity index (χ2n) is 3.07. The van der Waals surface area contributed by atoms with Crippen molar-refractivity contribution < 1.29 is 6.21 Å². The predicted octanol–water partition coefficient (Wildman–Crippen LogP) is 1.91. The van der Waals surface area contributed by atoms with Crippen molar-refractivity contribution in [2.45, 2.75) is 19.8 Å². The molecular formula is C10H13NO. The predicted molar refractivity (Wildman–Crippen MR) is 49.0 cm³/mol. The average Bonchev–Trinajstić information content (AvgIpc) is 2.16. The lowest BCUT2D eigenvalue weighted by molar-refractivity contribution is 0.0999. The van der Waals surface area contributed by atoms with Crippen LogP contribution in [0, 0.1) is 0 Å². The molecule has 0 aliphatic rings. The summed E-state index contributed by atoms with van der Waals surface area (Å²) >= 11 is 0. The molecule has 1 amide bonds. The second-order valence-corrected chi connectivity index (χ2v) is 3.07. The zero-order valence-electron chi connectivity index (χ0n) is 8.29. The van der Waals surface area contributed by atoms with Crippen LogP contribution in [0.15, 0.2) is 24.3 Å². The number of carbonyl (C=O) groups is 1. The van der Waals surface area contributed by atoms with E-state index in [9.17, 15) is 4.79 Å². The van der Waals surface area contributed by atoms with Crippen LogP contribution in [0.2, 0.25) is 1.41 Å². The lowest BCUT2D eigenvalue weighted by Gasteiger charge is -2.08. The van der Waals surface area contributed by atoms with Crippen molar-refractivity contribution in [2.75, 3.05) is 0 Å². The first-order valence-electron chi connectivity index (χ1n) is 4.47. The van der Waals surface area contributed by atoms with Crippen molar-refractivity contribution in [3.63, 3.8) is 0 Å². The van der Waals surface area contributed by atoms with E-state index in [4.69, 9.17) is 1.41 Å². The molecule has 0 atom stereocenters. The van der Waals surface area contributed by atoms with Crippen LogP contribution in [0.25, 0.3) is 0 Å². The van der Waals surface area contributed by atoms with E-state index < -0.39 is 0 Å². The Morgan fingerprint density at radius 1 is 1.50 bits per heavy atom. The quantitative estimate of drug-likeness (QED) is 0.714. The highest BCUT2D eigenvalue weighted by atomic mass is 16.1. The molecular weight excluding hydrogens is 150 g/mol. The van der Waals surface area contributed by atoms with Gasteiger partial charge in [0.2, 0.25) is 5.91 Å². The maximum absolute atomic E-state index is 11.2. The lowest BCUT2D eigenvalue weighted by atomic mass is 9.97. The highest BCUT2D eigenvalue weighted by Gasteiger charge is 2.08. The van der Waals surface area contributed by atoms with Gasteiger partial charge in [-0.1, -0.05) is 32.0 Å². The topological polar surface area (TPSA) is 43.1 Å². The van der Waals surface area contributed by atoms with Crippen molar-refractivity contribution in [3.05, 3.63) is 35.4 Å². The van der Waals surface area contributed by atoms with Gasteiger partial charge in [-0.25, -0.2) is 0 Å². The Bertz CT molecular complexity index is 310. The van der Waals surface area contributed by atoms with Gasteiger partial charge < -0.3 is 5.73 Å². The second kappa shape index (κ2) is 3.39. The minimum atomic E-state index is -0.343. The minimum Gasteiger partial charge on any atom is -0.366 e. The van der Waals surface area contributed by atoms with Crippen LogP contribution >= 0.6 is 0 Å². The molecule has 64 valence electrons. The molecule has 0 fully saturated rings. The van der Waals surface area contributed by atoms with Gasteiger partial charge in [-0.15, -0.1) is 0 Å². The van der Waals surface area contributed by atoms with Crippen molar-refractivity contribution in [1.29, 1.82) is 0 Å². The molecule has 0 unspecified atom stereocenters. The number of amides is 1. The van der Waals surface area contributed by atoms with Gasteiger partial charge in [0.15, 0.2) is 1.41 Å². The third kappa shape index (κ3) is 1.64. The van der Waals surface area contributed by atoms with E-state index in [1.54, 1.807) is 12.1 Å². The fourth-order valence-corrected chi connectivity index (χ4v) is 1.21. The molecule has 0 aliphatic heterocycles. The van der Waals surface area contributed by atoms with E-state index in [-0.39, 0.29) is 5.91 Å². The van der Waals surface area contributed by atoms with Crippen LogP contribution in [0.5, 0.6) is 0 Å². The molecule has 2 N–H and O–H groups in total. The number of benzene rings is 1. The van der Waals surface area contributed by atoms with Crippen molar-refractivity contribution >= 4 is 5.91 Å². The normalized spacial score (nSPS) is 11.1. The molecule has 0 saturated carbocycles. The summed E-state index contributed by atoms with van der Waals surface area (Å²) in [5.41, 5.74) is 3.46. The summed E-state index contributed by atoms with van der Waals surface area (Å²) in [4.78, 5) is 11.2. The van der Waals surface area contributed by atoms with Crippen LogP contribution in [-0.2, 0) is 0 Å². The zero-order chi connectivity index (χ0) is 9.84. The summed E-state index contributed by atoms with van der Waals surface area (Å²) in [6.45, 7) is 4.05. The highest BCUT2D eigenvalue weighted by molar-refractivity contribution is 5.94. The molecule has 1 rings (SSSR count). The molecule has 12 heavy (non-hydrogen) atoms. The van der Waals surface area contributed by atoms with Crippen LogP contribution < -0.4 is 5.73 Å². The standard InChI is InChI=1S/C10H13NO/c1-7(2)8-5-3-4-6-9(8)10(11)12/h3-7H,1-2H3,(H2,11,12)/i/hT. The molecule has 0 spiro atoms. The van der Waals surface area contributed by atoms with E-state index in [1.165, 1.54) is 0 Å². The molecule has 0 heterocycles. The first-order valence-corrected chi connectivity index (χ1v) is 3.97. The van der Waals surface area contributed by atoms with Gasteiger partial charge in [-0.3, -0.25) is 4.79 Å². The maximum Gasteiger partial charge on any atom is 0.248 e. The Hall–Kier alpha value is -1.31. The third-order valence-corrected chi connectivity index (χ3v) is 1.83. The van der Waals surface area contributed by atoms with Crippen LogP contribution in [0.3, 0.4) is 0 Å². The molecule has 0 radical (unpaired) electrons. The summed E-state index contributed by atoms with van der Waals surface area (Å²) in [5.74, 6) is -0.0437. The maximum atomic E-state index is 11.2. The van der Waals surface area contributed by atoms with Gasteiger partial charge in [0.1, 0.15) is 0 Å². The van der Waals surface area contributed by atoms with Crippen molar-refractivity contribution in [1.82, 2.24) is 0 Å². The number of rotatable bonds is 2. The van der Waals surface area contributed by atoms with E-state index in [0.29, 0.717) is 11.5 Å². The number of hydrogen-bond acceptors (Lipinski definition) is 1. The van der Waals surface area contributed by atoms with Crippen molar-refractivity contribution in [2.24, 2.45) is 5.73 Å². The highest BCUT2D eigenvalue weighted by Crippen LogP contribution is 2.18. The van der Waals surface area contributed by atoms with E-state index in [1.807, 2.05) is 31.7 Å². The monoisotopic (exact) mass is 165 g/mol. The molecule has 0 saturated heterocycles. The van der Waals surface area contributed by atoms with Gasteiger partial charge in [0.25, 0.3) is 0 Å². The summed E-state index contributed by atoms with van der Waals surface area (Å²) < 4.78 is 6.78. The van der Waals surface area contributed by atoms with E-state index >= 15 is 0 Å². The number of primary amides is 1. The molecule has 0 aliphatic carbocycles. The van der Waals surface area contributed by atoms with Crippen LogP contribution in [0.4, 0.5) is 0 Å². The van der Waals surface area contributed by atoms with Gasteiger partial charge >= 0.3 is 0 Å². The minimum absolute atomic E-state index is 0.300. The Kier molecular flexibility index (Phi) is 2.08. The summed E-state index contributed by atoms with van der Waals surface area (Å²) in [7, 11) is 0. The molecule has 1 aromatic rings. The lowest BCUT2D eigenvalue weighted by Crippen LogP contribution is -2.14. The molecule has 2 nitrogen and oxygen atoms in total. The van der Waals surface area contributed by atoms with Crippen LogP contribution in [0.1, 0.15) is 35.7 Å². The molecule has 2 heteroatoms. The molecule has 1 aromatic carbocycles. The smallest absolute Gasteiger partial charge is 0.248 e. The number of carbonyl (C=O) groups excluding carboxylic acids is 1. The largest absolute Gasteiger partial charge is 0.366 e. The van der Waals surface area contributed by atoms with E-state index in [0.717, 1.165) is 5.56 Å². The first-order chi connectivity index (χ1) is 6.16. The zero-order valence-corrected chi connectivity index (χ0v) is 7.29. The summed E-state index contributed by atoms with van der Waals surface area (Å²) in [6, 6.07) is 7.35. The van der Waals surface area contributed by atoms with Crippen LogP contribution in [-0.4, -0.2) is 5.91 Å². The summed E-state index contributed by atoms with van der Waals surface area (Å²) in [6.07, 6.45) is 0. The first kappa shape index (κ1) is 7.35. The molecule has 0 bridgehead atoms. The van der Waals surface area contributed by atoms with Gasteiger partial charge in [0, 0.05) is 5.56 Å². The van der Waals surface area contributed by atoms with Crippen molar-refractivity contribution in [3.8, 4) is 0 Å². The number of nitrogens with two attached hydrogens (primary N) is 1. The summed E-state index contributed by atoms with van der Waals surface area (Å²) in [5, 5.41) is 0. The Morgan fingerprint density at radius 3 is 2.75 bits per heavy atom. The number of hydrogen-bond donors (Lipinski definition) is 1. The Balaban J connectivity index is 3.12. The Morgan fingerprint density at radius 2 is 2.17 bits per heavy atom. The average molecular weight is 165 g/mol. The SMILES string of the molecule is [3H]NC(=O)c1ccccc1C(C)C. The van der Waals surface area contributed by atoms with E-state index in [2.05, 4.69) is 0 Å². The fraction of sp³-hybridized carbons (Fsp3) is 0.300. The molecule has 0 aromatic heterocycles.